The number of carbonyl (C=O) groups excluding carboxylic acids is 1. The maximum absolute atomic E-state index is 12.3. The molecule has 0 fully saturated rings. The molecule has 0 unspecified atom stereocenters. The number of nitrogens with zero attached hydrogens (tertiary/aromatic N) is 2. The summed E-state index contributed by atoms with van der Waals surface area (Å²) in [6.45, 7) is 2.02. The number of benzene rings is 2. The van der Waals surface area contributed by atoms with Crippen molar-refractivity contribution < 1.29 is 4.79 Å². The molecule has 2 N–H and O–H groups in total. The number of para-hydroxylation sites is 2. The van der Waals surface area contributed by atoms with Gasteiger partial charge in [-0.3, -0.25) is 0 Å². The second-order valence-corrected chi connectivity index (χ2v) is 5.64. The Morgan fingerprint density at radius 1 is 1.22 bits per heavy atom. The predicted molar refractivity (Wildman–Crippen MR) is 92.1 cm³/mol. The number of fused-ring (bicyclic) bond motifs is 1. The molecule has 5 nitrogen and oxygen atoms in total. The molecule has 3 aromatic rings. The van der Waals surface area contributed by atoms with E-state index in [-0.39, 0.29) is 12.1 Å². The van der Waals surface area contributed by atoms with Gasteiger partial charge in [-0.2, -0.15) is 0 Å². The van der Waals surface area contributed by atoms with Crippen LogP contribution in [0.5, 0.6) is 0 Å². The van der Waals surface area contributed by atoms with Gasteiger partial charge in [0.1, 0.15) is 6.33 Å². The molecule has 1 atom stereocenters. The van der Waals surface area contributed by atoms with Crippen molar-refractivity contribution in [2.45, 2.75) is 19.4 Å². The summed E-state index contributed by atoms with van der Waals surface area (Å²) in [5, 5.41) is 3.64. The number of nitrogens with one attached hydrogen (secondary N) is 2. The van der Waals surface area contributed by atoms with Crippen LogP contribution in [0.3, 0.4) is 0 Å². The van der Waals surface area contributed by atoms with Gasteiger partial charge in [0.2, 0.25) is 0 Å². The monoisotopic (exact) mass is 328 g/mol. The average Bonchev–Trinajstić information content (AvgIpc) is 2.97. The van der Waals surface area contributed by atoms with Crippen molar-refractivity contribution in [3.63, 3.8) is 0 Å². The quantitative estimate of drug-likeness (QED) is 0.757. The molecule has 2 aromatic carbocycles. The lowest BCUT2D eigenvalue weighted by molar-refractivity contribution is 0.245. The molecule has 3 rings (SSSR count). The van der Waals surface area contributed by atoms with Crippen molar-refractivity contribution >= 4 is 28.7 Å². The van der Waals surface area contributed by atoms with Gasteiger partial charge >= 0.3 is 6.03 Å². The van der Waals surface area contributed by atoms with Crippen LogP contribution in [-0.4, -0.2) is 15.7 Å². The number of halogens is 1. The fourth-order valence-corrected chi connectivity index (χ4v) is 2.59. The van der Waals surface area contributed by atoms with Crippen molar-refractivity contribution in [1.29, 1.82) is 0 Å². The Kier molecular flexibility index (Phi) is 4.48. The highest BCUT2D eigenvalue weighted by atomic mass is 35.5. The Hall–Kier alpha value is -2.53. The van der Waals surface area contributed by atoms with Crippen LogP contribution in [0.2, 0.25) is 5.02 Å². The topological polar surface area (TPSA) is 59.0 Å². The molecule has 2 amide bonds. The van der Waals surface area contributed by atoms with Gasteiger partial charge in [0.05, 0.1) is 17.1 Å². The van der Waals surface area contributed by atoms with Gasteiger partial charge in [-0.1, -0.05) is 42.8 Å². The number of imidazole rings is 1. The number of hydrogen-bond acceptors (Lipinski definition) is 2. The first-order valence-corrected chi connectivity index (χ1v) is 7.80. The number of hydrogen-bond donors (Lipinski definition) is 2. The maximum Gasteiger partial charge on any atom is 0.334 e. The van der Waals surface area contributed by atoms with Crippen molar-refractivity contribution in [3.8, 4) is 0 Å². The van der Waals surface area contributed by atoms with Gasteiger partial charge in [-0.05, 0) is 36.2 Å². The fourth-order valence-electron chi connectivity index (χ4n) is 2.46. The van der Waals surface area contributed by atoms with Crippen molar-refractivity contribution in [2.24, 2.45) is 0 Å². The zero-order chi connectivity index (χ0) is 16.2. The Morgan fingerprint density at radius 2 is 1.96 bits per heavy atom. The molecule has 0 radical (unpaired) electrons. The zero-order valence-electron chi connectivity index (χ0n) is 12.7. The highest BCUT2D eigenvalue weighted by molar-refractivity contribution is 6.30. The number of aromatic nitrogens is 2. The molecule has 0 saturated carbocycles. The molecule has 0 spiro atoms. The van der Waals surface area contributed by atoms with E-state index in [1.165, 1.54) is 0 Å². The lowest BCUT2D eigenvalue weighted by atomic mass is 10.1. The summed E-state index contributed by atoms with van der Waals surface area (Å²) in [4.78, 5) is 16.5. The minimum atomic E-state index is -0.282. The van der Waals surface area contributed by atoms with E-state index in [0.717, 1.165) is 23.0 Å². The highest BCUT2D eigenvalue weighted by Crippen LogP contribution is 2.19. The van der Waals surface area contributed by atoms with Crippen LogP contribution in [0.4, 0.5) is 4.79 Å². The maximum atomic E-state index is 12.3. The van der Waals surface area contributed by atoms with Gasteiger partial charge in [0.15, 0.2) is 0 Å². The van der Waals surface area contributed by atoms with Gasteiger partial charge < -0.3 is 5.32 Å². The van der Waals surface area contributed by atoms with Crippen LogP contribution >= 0.6 is 11.6 Å². The summed E-state index contributed by atoms with van der Waals surface area (Å²) in [6.07, 6.45) is 2.37. The molecule has 6 heteroatoms. The van der Waals surface area contributed by atoms with Crippen molar-refractivity contribution in [3.05, 3.63) is 65.4 Å². The highest BCUT2D eigenvalue weighted by Gasteiger charge is 2.13. The first-order valence-electron chi connectivity index (χ1n) is 7.42. The van der Waals surface area contributed by atoms with E-state index >= 15 is 0 Å². The average molecular weight is 329 g/mol. The predicted octanol–water partition coefficient (Wildman–Crippen LogP) is 4.09. The van der Waals surface area contributed by atoms with E-state index in [4.69, 9.17) is 11.6 Å². The Balaban J connectivity index is 1.71. The number of rotatable bonds is 4. The van der Waals surface area contributed by atoms with Crippen LogP contribution in [0.1, 0.15) is 24.9 Å². The summed E-state index contributed by atoms with van der Waals surface area (Å²) in [5.41, 5.74) is 5.49. The number of carbonyl (C=O) groups is 1. The SMILES string of the molecule is CC[C@H](NC(=O)Nn1cnc2ccccc21)c1ccc(Cl)cc1. The molecule has 23 heavy (non-hydrogen) atoms. The molecule has 0 aliphatic carbocycles. The van der Waals surface area contributed by atoms with E-state index in [1.807, 2.05) is 55.5 Å². The first-order chi connectivity index (χ1) is 11.2. The summed E-state index contributed by atoms with van der Waals surface area (Å²) < 4.78 is 1.61. The van der Waals surface area contributed by atoms with Crippen molar-refractivity contribution in [1.82, 2.24) is 15.0 Å². The summed E-state index contributed by atoms with van der Waals surface area (Å²) >= 11 is 5.91. The van der Waals surface area contributed by atoms with Crippen LogP contribution < -0.4 is 10.7 Å². The Labute approximate surface area is 139 Å². The van der Waals surface area contributed by atoms with Crippen LogP contribution in [-0.2, 0) is 0 Å². The second-order valence-electron chi connectivity index (χ2n) is 5.20. The summed E-state index contributed by atoms with van der Waals surface area (Å²) in [5.74, 6) is 0. The molecular formula is C17H17ClN4O. The minimum Gasteiger partial charge on any atom is -0.330 e. The van der Waals surface area contributed by atoms with E-state index in [1.54, 1.807) is 11.0 Å². The standard InChI is InChI=1S/C17H17ClN4O/c1-2-14(12-7-9-13(18)10-8-12)20-17(23)21-22-11-19-15-5-3-4-6-16(15)22/h3-11,14H,2H2,1H3,(H2,20,21,23)/t14-/m0/s1. The third kappa shape index (κ3) is 3.46. The number of amides is 2. The van der Waals surface area contributed by atoms with Gasteiger partial charge in [-0.25, -0.2) is 19.9 Å². The van der Waals surface area contributed by atoms with Gasteiger partial charge in [-0.15, -0.1) is 0 Å². The minimum absolute atomic E-state index is 0.0814. The normalized spacial score (nSPS) is 12.1. The smallest absolute Gasteiger partial charge is 0.330 e. The number of urea groups is 1. The van der Waals surface area contributed by atoms with Crippen LogP contribution in [0.15, 0.2) is 54.9 Å². The second kappa shape index (κ2) is 6.71. The molecule has 0 aliphatic heterocycles. The zero-order valence-corrected chi connectivity index (χ0v) is 13.4. The molecule has 118 valence electrons. The Bertz CT molecular complexity index is 813. The van der Waals surface area contributed by atoms with Crippen LogP contribution in [0, 0.1) is 0 Å². The van der Waals surface area contributed by atoms with Gasteiger partial charge in [0, 0.05) is 5.02 Å². The van der Waals surface area contributed by atoms with Crippen LogP contribution in [0.25, 0.3) is 11.0 Å². The summed E-state index contributed by atoms with van der Waals surface area (Å²) in [7, 11) is 0. The largest absolute Gasteiger partial charge is 0.334 e. The summed E-state index contributed by atoms with van der Waals surface area (Å²) in [6, 6.07) is 14.7. The van der Waals surface area contributed by atoms with E-state index in [0.29, 0.717) is 5.02 Å². The molecule has 1 heterocycles. The molecule has 0 bridgehead atoms. The molecule has 0 saturated heterocycles. The third-order valence-electron chi connectivity index (χ3n) is 3.66. The van der Waals surface area contributed by atoms with E-state index in [9.17, 15) is 4.79 Å². The third-order valence-corrected chi connectivity index (χ3v) is 3.91. The fraction of sp³-hybridized carbons (Fsp3) is 0.176. The lowest BCUT2D eigenvalue weighted by Crippen LogP contribution is -2.36. The molecule has 0 aliphatic rings. The molecule has 1 aromatic heterocycles. The van der Waals surface area contributed by atoms with Gasteiger partial charge in [0.25, 0.3) is 0 Å². The van der Waals surface area contributed by atoms with E-state index in [2.05, 4.69) is 15.7 Å². The van der Waals surface area contributed by atoms with Crippen molar-refractivity contribution in [2.75, 3.05) is 5.43 Å². The Morgan fingerprint density at radius 3 is 2.70 bits per heavy atom. The van der Waals surface area contributed by atoms with E-state index < -0.39 is 0 Å². The lowest BCUT2D eigenvalue weighted by Gasteiger charge is -2.18. The first kappa shape index (κ1) is 15.4. The molecular weight excluding hydrogens is 312 g/mol.